The van der Waals surface area contributed by atoms with E-state index in [9.17, 15) is 0 Å². The van der Waals surface area contributed by atoms with Crippen LogP contribution in [-0.2, 0) is 20.4 Å². The average Bonchev–Trinajstić information content (AvgIpc) is 3.02. The molecule has 3 heteroatoms. The first-order valence-electron chi connectivity index (χ1n) is 9.39. The molecule has 2 aliphatic carbocycles. The quantitative estimate of drug-likeness (QED) is 0.493. The first kappa shape index (κ1) is 23.2. The third kappa shape index (κ3) is 3.19. The summed E-state index contributed by atoms with van der Waals surface area (Å²) in [4.78, 5) is 0. The Bertz CT molecular complexity index is 1240. The summed E-state index contributed by atoms with van der Waals surface area (Å²) in [5, 5.41) is 5.57. The van der Waals surface area contributed by atoms with E-state index in [0.29, 0.717) is 5.92 Å². The van der Waals surface area contributed by atoms with E-state index in [0.717, 1.165) is 0 Å². The zero-order valence-electron chi connectivity index (χ0n) is 17.3. The number of rotatable bonds is 1. The maximum atomic E-state index is 2.37. The molecule has 2 aromatic rings. The number of hydrogen-bond acceptors (Lipinski definition) is 0. The molecule has 2 aliphatic rings. The van der Waals surface area contributed by atoms with Crippen molar-refractivity contribution in [1.82, 2.24) is 0 Å². The molecule has 0 N–H and O–H groups in total. The number of allylic oxidation sites excluding steroid dienone is 4. The molecule has 28 heavy (non-hydrogen) atoms. The van der Waals surface area contributed by atoms with Crippen LogP contribution in [0.25, 0.3) is 15.0 Å². The number of halogens is 2. The summed E-state index contributed by atoms with van der Waals surface area (Å²) in [6.07, 6.45) is 0. The molecule has 0 fully saturated rings. The summed E-state index contributed by atoms with van der Waals surface area (Å²) < 4.78 is 1.42. The molecule has 143 valence electrons. The van der Waals surface area contributed by atoms with Crippen molar-refractivity contribution in [2.24, 2.45) is 5.92 Å². The van der Waals surface area contributed by atoms with Gasteiger partial charge in [0.15, 0.2) is 0 Å². The van der Waals surface area contributed by atoms with Crippen LogP contribution in [0.3, 0.4) is 0 Å². The fraction of sp³-hybridized carbons (Fsp3) is 0.280. The van der Waals surface area contributed by atoms with Crippen LogP contribution in [0.15, 0.2) is 53.1 Å². The van der Waals surface area contributed by atoms with Crippen molar-refractivity contribution in [3.05, 3.63) is 85.1 Å². The van der Waals surface area contributed by atoms with E-state index in [1.165, 1.54) is 63.7 Å². The Morgan fingerprint density at radius 1 is 0.786 bits per heavy atom. The molecule has 2 aromatic carbocycles. The normalized spacial score (nSPS) is 17.3. The first-order chi connectivity index (χ1) is 12.3. The van der Waals surface area contributed by atoms with Crippen LogP contribution < -0.4 is 35.3 Å². The van der Waals surface area contributed by atoms with Gasteiger partial charge in [-0.1, -0.05) is 0 Å². The van der Waals surface area contributed by atoms with Crippen LogP contribution in [0.4, 0.5) is 0 Å². The maximum absolute atomic E-state index is 2.37. The number of hydrogen-bond donors (Lipinski definition) is 0. The summed E-state index contributed by atoms with van der Waals surface area (Å²) in [5.41, 5.74) is 10.3. The van der Waals surface area contributed by atoms with Gasteiger partial charge in [-0.15, -0.1) is 0 Å². The van der Waals surface area contributed by atoms with E-state index in [1.807, 2.05) is 0 Å². The Balaban J connectivity index is 0.00000140. The molecule has 0 aliphatic heterocycles. The summed E-state index contributed by atoms with van der Waals surface area (Å²) >= 11 is 2.30. The van der Waals surface area contributed by atoms with Gasteiger partial charge in [0.1, 0.15) is 0 Å². The zero-order valence-corrected chi connectivity index (χ0v) is 20.4. The molecule has 4 rings (SSSR count). The molecular formula is C25H25Cl2Ti. The molecule has 0 bridgehead atoms. The van der Waals surface area contributed by atoms with Gasteiger partial charge in [0, 0.05) is 0 Å². The van der Waals surface area contributed by atoms with Gasteiger partial charge in [0.25, 0.3) is 0 Å². The monoisotopic (exact) mass is 443 g/mol. The van der Waals surface area contributed by atoms with Crippen LogP contribution in [0.1, 0.15) is 52.7 Å². The van der Waals surface area contributed by atoms with Crippen LogP contribution in [0, 0.1) is 16.4 Å². The van der Waals surface area contributed by atoms with Crippen molar-refractivity contribution in [1.29, 1.82) is 0 Å². The largest absolute Gasteiger partial charge is 1.00 e. The molecule has 0 heterocycles. The van der Waals surface area contributed by atoms with E-state index < -0.39 is 0 Å². The van der Waals surface area contributed by atoms with Gasteiger partial charge in [-0.25, -0.2) is 0 Å². The summed E-state index contributed by atoms with van der Waals surface area (Å²) in [7, 11) is 0. The number of benzene rings is 2. The molecule has 1 atom stereocenters. The predicted octanol–water partition coefficient (Wildman–Crippen LogP) is -1.05. The second kappa shape index (κ2) is 8.37. The minimum Gasteiger partial charge on any atom is -1.00 e. The minimum atomic E-state index is 0. The van der Waals surface area contributed by atoms with Crippen LogP contribution in [0.2, 0.25) is 0 Å². The Morgan fingerprint density at radius 2 is 1.39 bits per heavy atom. The molecule has 0 radical (unpaired) electrons. The van der Waals surface area contributed by atoms with Gasteiger partial charge in [0.2, 0.25) is 0 Å². The zero-order chi connectivity index (χ0) is 18.7. The molecular weight excluding hydrogens is 419 g/mol. The summed E-state index contributed by atoms with van der Waals surface area (Å²) in [6.45, 7) is 13.7. The Hall–Kier alpha value is -1.05. The molecule has 1 unspecified atom stereocenters. The number of fused-ring (bicyclic) bond motifs is 2. The van der Waals surface area contributed by atoms with Crippen LogP contribution in [-0.4, -0.2) is 0 Å². The van der Waals surface area contributed by atoms with Gasteiger partial charge in [-0.05, 0) is 0 Å². The van der Waals surface area contributed by atoms with Gasteiger partial charge >= 0.3 is 168 Å². The van der Waals surface area contributed by atoms with E-state index in [4.69, 9.17) is 0 Å². The Kier molecular flexibility index (Phi) is 6.94. The molecule has 0 saturated heterocycles. The van der Waals surface area contributed by atoms with Gasteiger partial charge in [0.05, 0.1) is 0 Å². The summed E-state index contributed by atoms with van der Waals surface area (Å²) in [6, 6.07) is 13.5. The van der Waals surface area contributed by atoms with E-state index in [2.05, 4.69) is 98.4 Å². The van der Waals surface area contributed by atoms with E-state index >= 15 is 0 Å². The van der Waals surface area contributed by atoms with E-state index in [1.54, 1.807) is 0 Å². The molecule has 0 amide bonds. The smallest absolute Gasteiger partial charge is 1.00 e. The van der Waals surface area contributed by atoms with Crippen molar-refractivity contribution < 1.29 is 45.2 Å². The fourth-order valence-electron chi connectivity index (χ4n) is 4.62. The molecule has 0 nitrogen and oxygen atoms in total. The van der Waals surface area contributed by atoms with Crippen molar-refractivity contribution in [3.63, 3.8) is 0 Å². The minimum absolute atomic E-state index is 0. The van der Waals surface area contributed by atoms with Gasteiger partial charge < -0.3 is 24.8 Å². The summed E-state index contributed by atoms with van der Waals surface area (Å²) in [5.74, 6) is 0.483. The Labute approximate surface area is 192 Å². The van der Waals surface area contributed by atoms with Crippen LogP contribution in [0.5, 0.6) is 0 Å². The van der Waals surface area contributed by atoms with Gasteiger partial charge in [-0.2, -0.15) is 0 Å². The maximum Gasteiger partial charge on any atom is -1.00 e. The predicted molar refractivity (Wildman–Crippen MR) is 107 cm³/mol. The standard InChI is InChI=1S/C25H25.2ClH.Ti/c1-14(2)20-11-12-22-21-10-8-7-9-19(21)13-23(22)25(20)24-17(5)15(3)16(4)18(24)6;;;/h7-12,17H,1-6H3;2*1H;/q;;;+2/p-2. The topological polar surface area (TPSA) is 0 Å². The van der Waals surface area contributed by atoms with Gasteiger partial charge in [-0.3, -0.25) is 0 Å². The Morgan fingerprint density at radius 3 is 1.93 bits per heavy atom. The SMILES string of the molecule is CC1=C(C)C(C)C(c2c3c(ccc2=C(C)C)=c2ccccc2=[C]3[Ti+2])=C1C.[Cl-].[Cl-]. The average molecular weight is 444 g/mol. The third-order valence-corrected chi connectivity index (χ3v) is 7.20. The molecule has 0 saturated carbocycles. The molecule has 0 spiro atoms. The second-order valence-electron chi connectivity index (χ2n) is 7.90. The first-order valence-corrected chi connectivity index (χ1v) is 10.2. The van der Waals surface area contributed by atoms with Crippen LogP contribution >= 0.6 is 0 Å². The fourth-order valence-corrected chi connectivity index (χ4v) is 5.37. The molecule has 0 aromatic heterocycles. The van der Waals surface area contributed by atoms with Crippen molar-refractivity contribution in [2.75, 3.05) is 0 Å². The van der Waals surface area contributed by atoms with E-state index in [-0.39, 0.29) is 24.8 Å². The van der Waals surface area contributed by atoms with Crippen molar-refractivity contribution in [2.45, 2.75) is 41.5 Å². The van der Waals surface area contributed by atoms with Crippen molar-refractivity contribution in [3.8, 4) is 0 Å². The second-order valence-corrected chi connectivity index (χ2v) is 8.68. The third-order valence-electron chi connectivity index (χ3n) is 6.39. The van der Waals surface area contributed by atoms with Crippen molar-refractivity contribution >= 4 is 15.0 Å².